The summed E-state index contributed by atoms with van der Waals surface area (Å²) < 4.78 is 0. The van der Waals surface area contributed by atoms with Crippen molar-refractivity contribution in [3.05, 3.63) is 23.9 Å². The number of nitrogens with one attached hydrogen (secondary N) is 1. The van der Waals surface area contributed by atoms with Crippen LogP contribution in [0.3, 0.4) is 0 Å². The molecule has 1 unspecified atom stereocenters. The molecule has 1 amide bonds. The second-order valence-corrected chi connectivity index (χ2v) is 4.79. The molecule has 0 aliphatic heterocycles. The van der Waals surface area contributed by atoms with E-state index >= 15 is 0 Å². The third-order valence-corrected chi connectivity index (χ3v) is 3.56. The van der Waals surface area contributed by atoms with Crippen LogP contribution in [-0.2, 0) is 4.79 Å². The summed E-state index contributed by atoms with van der Waals surface area (Å²) in [5.41, 5.74) is 0.967. The first-order valence-corrected chi connectivity index (χ1v) is 5.80. The summed E-state index contributed by atoms with van der Waals surface area (Å²) >= 11 is 3.35. The number of halogens is 1. The van der Waals surface area contributed by atoms with E-state index < -0.39 is 0 Å². The van der Waals surface area contributed by atoms with Gasteiger partial charge in [0.1, 0.15) is 5.82 Å². The Labute approximate surface area is 98.4 Å². The van der Waals surface area contributed by atoms with Crippen LogP contribution in [0, 0.1) is 12.8 Å². The molecule has 0 fully saturated rings. The van der Waals surface area contributed by atoms with Crippen LogP contribution >= 0.6 is 15.9 Å². The maximum atomic E-state index is 11.7. The molecule has 0 aliphatic carbocycles. The molecule has 0 bridgehead atoms. The van der Waals surface area contributed by atoms with Crippen LogP contribution in [0.1, 0.15) is 19.4 Å². The Morgan fingerprint density at radius 1 is 1.53 bits per heavy atom. The van der Waals surface area contributed by atoms with Gasteiger partial charge in [0.2, 0.25) is 5.91 Å². The van der Waals surface area contributed by atoms with Crippen molar-refractivity contribution in [2.75, 3.05) is 5.32 Å². The van der Waals surface area contributed by atoms with Gasteiger partial charge in [-0.1, -0.05) is 35.8 Å². The zero-order chi connectivity index (χ0) is 11.4. The lowest BCUT2D eigenvalue weighted by Gasteiger charge is -2.14. The number of amides is 1. The molecule has 1 atom stereocenters. The molecule has 82 valence electrons. The summed E-state index contributed by atoms with van der Waals surface area (Å²) in [6, 6.07) is 3.76. The largest absolute Gasteiger partial charge is 0.309 e. The summed E-state index contributed by atoms with van der Waals surface area (Å²) in [6.45, 7) is 5.90. The molecule has 1 N–H and O–H groups in total. The fourth-order valence-electron chi connectivity index (χ4n) is 1.10. The predicted octanol–water partition coefficient (Wildman–Crippen LogP) is 2.75. The van der Waals surface area contributed by atoms with Gasteiger partial charge >= 0.3 is 0 Å². The summed E-state index contributed by atoms with van der Waals surface area (Å²) in [7, 11) is 0. The van der Waals surface area contributed by atoms with Gasteiger partial charge in [-0.05, 0) is 24.5 Å². The number of aryl methyl sites for hydroxylation is 1. The van der Waals surface area contributed by atoms with Crippen LogP contribution in [0.2, 0.25) is 0 Å². The summed E-state index contributed by atoms with van der Waals surface area (Å²) in [6.07, 6.45) is 1.67. The maximum absolute atomic E-state index is 11.7. The number of hydrogen-bond donors (Lipinski definition) is 1. The maximum Gasteiger partial charge on any atom is 0.239 e. The lowest BCUT2D eigenvalue weighted by molar-refractivity contribution is -0.116. The zero-order valence-electron chi connectivity index (χ0n) is 9.12. The third-order valence-electron chi connectivity index (χ3n) is 2.09. The molecule has 0 saturated carbocycles. The lowest BCUT2D eigenvalue weighted by atomic mass is 10.1. The van der Waals surface area contributed by atoms with Crippen LogP contribution in [0.25, 0.3) is 0 Å². The van der Waals surface area contributed by atoms with Gasteiger partial charge < -0.3 is 5.32 Å². The molecule has 15 heavy (non-hydrogen) atoms. The molecule has 0 aliphatic rings. The van der Waals surface area contributed by atoms with Gasteiger partial charge in [-0.2, -0.15) is 0 Å². The van der Waals surface area contributed by atoms with Gasteiger partial charge in [-0.25, -0.2) is 4.98 Å². The number of carbonyl (C=O) groups excluding carboxylic acids is 1. The molecule has 1 aromatic heterocycles. The molecule has 0 aromatic carbocycles. The Morgan fingerprint density at radius 2 is 2.20 bits per heavy atom. The molecule has 3 nitrogen and oxygen atoms in total. The minimum atomic E-state index is -0.182. The summed E-state index contributed by atoms with van der Waals surface area (Å²) in [5.74, 6) is 0.841. The van der Waals surface area contributed by atoms with E-state index in [9.17, 15) is 4.79 Å². The van der Waals surface area contributed by atoms with E-state index in [1.165, 1.54) is 0 Å². The second-order valence-electron chi connectivity index (χ2n) is 3.80. The number of alkyl halides is 1. The van der Waals surface area contributed by atoms with Crippen LogP contribution in [0.4, 0.5) is 5.82 Å². The number of pyridine rings is 1. The first-order chi connectivity index (χ1) is 7.02. The van der Waals surface area contributed by atoms with Gasteiger partial charge in [0.15, 0.2) is 0 Å². The molecule has 1 aromatic rings. The Bertz CT molecular complexity index is 352. The number of nitrogens with zero attached hydrogens (tertiary/aromatic N) is 1. The quantitative estimate of drug-likeness (QED) is 0.859. The fourth-order valence-corrected chi connectivity index (χ4v) is 1.22. The Kier molecular flexibility index (Phi) is 4.27. The van der Waals surface area contributed by atoms with Crippen LogP contribution in [0.5, 0.6) is 0 Å². The standard InChI is InChI=1S/C11H15BrN2O/c1-7(2)9(12)11(15)14-10-8(3)5-4-6-13-10/h4-7,9H,1-3H3,(H,13,14,15). The molecule has 0 spiro atoms. The van der Waals surface area contributed by atoms with Gasteiger partial charge in [0, 0.05) is 6.20 Å². The highest BCUT2D eigenvalue weighted by molar-refractivity contribution is 9.10. The monoisotopic (exact) mass is 270 g/mol. The number of carbonyl (C=O) groups is 1. The van der Waals surface area contributed by atoms with Crippen LogP contribution in [0.15, 0.2) is 18.3 Å². The summed E-state index contributed by atoms with van der Waals surface area (Å²) in [4.78, 5) is 15.6. The SMILES string of the molecule is Cc1cccnc1NC(=O)C(Br)C(C)C. The second kappa shape index (κ2) is 5.26. The Balaban J connectivity index is 2.71. The van der Waals surface area contributed by atoms with Crippen LogP contribution in [-0.4, -0.2) is 15.7 Å². The van der Waals surface area contributed by atoms with Gasteiger partial charge in [0.25, 0.3) is 0 Å². The van der Waals surface area contributed by atoms with Crippen molar-refractivity contribution in [2.24, 2.45) is 5.92 Å². The number of hydrogen-bond acceptors (Lipinski definition) is 2. The van der Waals surface area contributed by atoms with Crippen molar-refractivity contribution in [1.29, 1.82) is 0 Å². The first kappa shape index (κ1) is 12.2. The van der Waals surface area contributed by atoms with Crippen molar-refractivity contribution in [1.82, 2.24) is 4.98 Å². The van der Waals surface area contributed by atoms with E-state index in [4.69, 9.17) is 0 Å². The smallest absolute Gasteiger partial charge is 0.239 e. The van der Waals surface area contributed by atoms with E-state index in [1.54, 1.807) is 6.20 Å². The van der Waals surface area contributed by atoms with Gasteiger partial charge in [-0.3, -0.25) is 4.79 Å². The topological polar surface area (TPSA) is 42.0 Å². The van der Waals surface area contributed by atoms with E-state index in [-0.39, 0.29) is 16.7 Å². The normalized spacial score (nSPS) is 12.6. The lowest BCUT2D eigenvalue weighted by Crippen LogP contribution is -2.27. The Morgan fingerprint density at radius 3 is 2.73 bits per heavy atom. The van der Waals surface area contributed by atoms with Gasteiger partial charge in [0.05, 0.1) is 4.83 Å². The Hall–Kier alpha value is -0.900. The molecule has 0 saturated heterocycles. The number of rotatable bonds is 3. The van der Waals surface area contributed by atoms with E-state index in [2.05, 4.69) is 26.2 Å². The van der Waals surface area contributed by atoms with E-state index in [0.29, 0.717) is 5.82 Å². The highest BCUT2D eigenvalue weighted by atomic mass is 79.9. The van der Waals surface area contributed by atoms with Crippen LogP contribution < -0.4 is 5.32 Å². The van der Waals surface area contributed by atoms with Gasteiger partial charge in [-0.15, -0.1) is 0 Å². The minimum Gasteiger partial charge on any atom is -0.309 e. The first-order valence-electron chi connectivity index (χ1n) is 4.89. The van der Waals surface area contributed by atoms with Crippen molar-refractivity contribution in [3.63, 3.8) is 0 Å². The number of anilines is 1. The van der Waals surface area contributed by atoms with Crippen molar-refractivity contribution < 1.29 is 4.79 Å². The summed E-state index contributed by atoms with van der Waals surface area (Å²) in [5, 5.41) is 2.79. The van der Waals surface area contributed by atoms with E-state index in [0.717, 1.165) is 5.56 Å². The number of aromatic nitrogens is 1. The molecule has 4 heteroatoms. The fraction of sp³-hybridized carbons (Fsp3) is 0.455. The van der Waals surface area contributed by atoms with Crippen molar-refractivity contribution in [3.8, 4) is 0 Å². The molecular weight excluding hydrogens is 256 g/mol. The van der Waals surface area contributed by atoms with Crippen molar-refractivity contribution >= 4 is 27.7 Å². The molecule has 1 heterocycles. The zero-order valence-corrected chi connectivity index (χ0v) is 10.7. The minimum absolute atomic E-state index is 0.0493. The molecule has 0 radical (unpaired) electrons. The molecular formula is C11H15BrN2O. The van der Waals surface area contributed by atoms with E-state index in [1.807, 2.05) is 32.9 Å². The average molecular weight is 271 g/mol. The van der Waals surface area contributed by atoms with Crippen molar-refractivity contribution in [2.45, 2.75) is 25.6 Å². The highest BCUT2D eigenvalue weighted by Crippen LogP contribution is 2.16. The third kappa shape index (κ3) is 3.30. The molecule has 1 rings (SSSR count). The average Bonchev–Trinajstić information content (AvgIpc) is 2.20. The highest BCUT2D eigenvalue weighted by Gasteiger charge is 2.19. The predicted molar refractivity (Wildman–Crippen MR) is 65.2 cm³/mol.